The van der Waals surface area contributed by atoms with Crippen molar-refractivity contribution in [2.24, 2.45) is 5.92 Å². The fraction of sp³-hybridized carbons (Fsp3) is 0.467. The zero-order valence-electron chi connectivity index (χ0n) is 12.2. The van der Waals surface area contributed by atoms with E-state index in [-0.39, 0.29) is 18.4 Å². The van der Waals surface area contributed by atoms with E-state index in [4.69, 9.17) is 4.74 Å². The molecule has 1 atom stereocenters. The monoisotopic (exact) mass is 278 g/mol. The predicted octanol–water partition coefficient (Wildman–Crippen LogP) is 2.07. The highest BCUT2D eigenvalue weighted by molar-refractivity contribution is 5.85. The van der Waals surface area contributed by atoms with E-state index in [0.717, 1.165) is 5.56 Å². The first kappa shape index (κ1) is 16.0. The van der Waals surface area contributed by atoms with Crippen molar-refractivity contribution in [3.8, 4) is 0 Å². The fourth-order valence-corrected chi connectivity index (χ4v) is 1.73. The lowest BCUT2D eigenvalue weighted by Gasteiger charge is -2.21. The van der Waals surface area contributed by atoms with E-state index in [1.807, 2.05) is 44.2 Å². The SMILES string of the molecule is CCOC(=O)N[C@@H](C(=O)NCc1ccccc1)C(C)C. The minimum absolute atomic E-state index is 0.0184. The minimum Gasteiger partial charge on any atom is -0.450 e. The number of alkyl carbamates (subject to hydrolysis) is 1. The Hall–Kier alpha value is -2.04. The van der Waals surface area contributed by atoms with Crippen LogP contribution in [0.5, 0.6) is 0 Å². The standard InChI is InChI=1S/C15H22N2O3/c1-4-20-15(19)17-13(11(2)3)14(18)16-10-12-8-6-5-7-9-12/h5-9,11,13H,4,10H2,1-3H3,(H,16,18)(H,17,19)/t13-/m1/s1. The van der Waals surface area contributed by atoms with Crippen LogP contribution in [0.15, 0.2) is 30.3 Å². The topological polar surface area (TPSA) is 67.4 Å². The van der Waals surface area contributed by atoms with Crippen LogP contribution in [-0.4, -0.2) is 24.6 Å². The molecule has 5 heteroatoms. The quantitative estimate of drug-likeness (QED) is 0.837. The molecule has 0 fully saturated rings. The second-order valence-electron chi connectivity index (χ2n) is 4.79. The van der Waals surface area contributed by atoms with Gasteiger partial charge in [-0.15, -0.1) is 0 Å². The maximum absolute atomic E-state index is 12.1. The molecule has 1 aromatic carbocycles. The van der Waals surface area contributed by atoms with Crippen molar-refractivity contribution in [3.05, 3.63) is 35.9 Å². The molecule has 0 aromatic heterocycles. The van der Waals surface area contributed by atoms with Gasteiger partial charge in [-0.3, -0.25) is 4.79 Å². The number of rotatable bonds is 6. The highest BCUT2D eigenvalue weighted by Gasteiger charge is 2.24. The van der Waals surface area contributed by atoms with Gasteiger partial charge in [-0.2, -0.15) is 0 Å². The Balaban J connectivity index is 2.54. The second-order valence-corrected chi connectivity index (χ2v) is 4.79. The Morgan fingerprint density at radius 2 is 1.85 bits per heavy atom. The molecule has 2 amide bonds. The van der Waals surface area contributed by atoms with Gasteiger partial charge in [0.15, 0.2) is 0 Å². The Morgan fingerprint density at radius 3 is 2.40 bits per heavy atom. The van der Waals surface area contributed by atoms with Crippen LogP contribution in [0.4, 0.5) is 4.79 Å². The number of amides is 2. The van der Waals surface area contributed by atoms with Crippen LogP contribution in [0.3, 0.4) is 0 Å². The van der Waals surface area contributed by atoms with Crippen LogP contribution in [0.2, 0.25) is 0 Å². The number of hydrogen-bond donors (Lipinski definition) is 2. The smallest absolute Gasteiger partial charge is 0.407 e. The molecule has 0 heterocycles. The summed E-state index contributed by atoms with van der Waals surface area (Å²) >= 11 is 0. The molecule has 0 saturated heterocycles. The highest BCUT2D eigenvalue weighted by Crippen LogP contribution is 2.04. The van der Waals surface area contributed by atoms with E-state index in [2.05, 4.69) is 10.6 Å². The van der Waals surface area contributed by atoms with Gasteiger partial charge in [-0.05, 0) is 18.4 Å². The Kier molecular flexibility index (Phi) is 6.56. The van der Waals surface area contributed by atoms with Gasteiger partial charge in [0.2, 0.25) is 5.91 Å². The van der Waals surface area contributed by atoms with Gasteiger partial charge in [0.1, 0.15) is 6.04 Å². The molecular formula is C15H22N2O3. The lowest BCUT2D eigenvalue weighted by Crippen LogP contribution is -2.49. The molecule has 2 N–H and O–H groups in total. The van der Waals surface area contributed by atoms with E-state index >= 15 is 0 Å². The first-order valence-corrected chi connectivity index (χ1v) is 6.79. The van der Waals surface area contributed by atoms with E-state index in [1.165, 1.54) is 0 Å². The molecule has 0 saturated carbocycles. The minimum atomic E-state index is -0.599. The van der Waals surface area contributed by atoms with Gasteiger partial charge in [0.25, 0.3) is 0 Å². The lowest BCUT2D eigenvalue weighted by atomic mass is 10.0. The summed E-state index contributed by atoms with van der Waals surface area (Å²) < 4.78 is 4.81. The molecule has 0 aliphatic carbocycles. The van der Waals surface area contributed by atoms with Gasteiger partial charge >= 0.3 is 6.09 Å². The third-order valence-electron chi connectivity index (χ3n) is 2.81. The first-order valence-electron chi connectivity index (χ1n) is 6.79. The lowest BCUT2D eigenvalue weighted by molar-refractivity contribution is -0.124. The number of ether oxygens (including phenoxy) is 1. The summed E-state index contributed by atoms with van der Waals surface area (Å²) in [6.45, 7) is 6.19. The van der Waals surface area contributed by atoms with Gasteiger partial charge in [0, 0.05) is 6.54 Å². The molecule has 1 rings (SSSR count). The van der Waals surface area contributed by atoms with Crippen molar-refractivity contribution >= 4 is 12.0 Å². The third-order valence-corrected chi connectivity index (χ3v) is 2.81. The van der Waals surface area contributed by atoms with Crippen LogP contribution >= 0.6 is 0 Å². The normalized spacial score (nSPS) is 11.8. The average Bonchev–Trinajstić information content (AvgIpc) is 2.43. The Morgan fingerprint density at radius 1 is 1.20 bits per heavy atom. The molecule has 1 aromatic rings. The molecule has 0 aliphatic rings. The van der Waals surface area contributed by atoms with Crippen LogP contribution < -0.4 is 10.6 Å². The van der Waals surface area contributed by atoms with Crippen molar-refractivity contribution in [2.75, 3.05) is 6.61 Å². The summed E-state index contributed by atoms with van der Waals surface area (Å²) in [6.07, 6.45) is -0.568. The van der Waals surface area contributed by atoms with E-state index in [9.17, 15) is 9.59 Å². The van der Waals surface area contributed by atoms with Crippen LogP contribution in [-0.2, 0) is 16.1 Å². The molecule has 5 nitrogen and oxygen atoms in total. The van der Waals surface area contributed by atoms with Gasteiger partial charge in [-0.1, -0.05) is 44.2 Å². The summed E-state index contributed by atoms with van der Waals surface area (Å²) in [6, 6.07) is 9.02. The Bertz CT molecular complexity index is 432. The molecule has 0 spiro atoms. The number of carbonyl (C=O) groups is 2. The number of carbonyl (C=O) groups excluding carboxylic acids is 2. The summed E-state index contributed by atoms with van der Waals surface area (Å²) in [5.74, 6) is -0.230. The largest absolute Gasteiger partial charge is 0.450 e. The average molecular weight is 278 g/mol. The molecule has 20 heavy (non-hydrogen) atoms. The van der Waals surface area contributed by atoms with Crippen molar-refractivity contribution in [1.29, 1.82) is 0 Å². The molecule has 0 radical (unpaired) electrons. The zero-order chi connectivity index (χ0) is 15.0. The van der Waals surface area contributed by atoms with Crippen LogP contribution in [0, 0.1) is 5.92 Å². The maximum atomic E-state index is 12.1. The van der Waals surface area contributed by atoms with Crippen LogP contribution in [0.25, 0.3) is 0 Å². The third kappa shape index (κ3) is 5.30. The number of hydrogen-bond acceptors (Lipinski definition) is 3. The van der Waals surface area contributed by atoms with E-state index < -0.39 is 12.1 Å². The van der Waals surface area contributed by atoms with Gasteiger partial charge in [-0.25, -0.2) is 4.79 Å². The molecule has 0 bridgehead atoms. The van der Waals surface area contributed by atoms with E-state index in [1.54, 1.807) is 6.92 Å². The summed E-state index contributed by atoms with van der Waals surface area (Å²) in [5, 5.41) is 5.40. The van der Waals surface area contributed by atoms with Crippen molar-refractivity contribution < 1.29 is 14.3 Å². The van der Waals surface area contributed by atoms with E-state index in [0.29, 0.717) is 6.54 Å². The summed E-state index contributed by atoms with van der Waals surface area (Å²) in [4.78, 5) is 23.5. The maximum Gasteiger partial charge on any atom is 0.407 e. The number of nitrogens with one attached hydrogen (secondary N) is 2. The predicted molar refractivity (Wildman–Crippen MR) is 77.1 cm³/mol. The molecule has 0 unspecified atom stereocenters. The van der Waals surface area contributed by atoms with Crippen molar-refractivity contribution in [1.82, 2.24) is 10.6 Å². The number of benzene rings is 1. The summed E-state index contributed by atoms with van der Waals surface area (Å²) in [5.41, 5.74) is 1.01. The molecule has 0 aliphatic heterocycles. The van der Waals surface area contributed by atoms with Gasteiger partial charge < -0.3 is 15.4 Å². The first-order chi connectivity index (χ1) is 9.54. The molecular weight excluding hydrogens is 256 g/mol. The second kappa shape index (κ2) is 8.19. The summed E-state index contributed by atoms with van der Waals surface area (Å²) in [7, 11) is 0. The zero-order valence-corrected chi connectivity index (χ0v) is 12.2. The Labute approximate surface area is 119 Å². The highest BCUT2D eigenvalue weighted by atomic mass is 16.5. The van der Waals surface area contributed by atoms with Crippen molar-refractivity contribution in [2.45, 2.75) is 33.4 Å². The fourth-order valence-electron chi connectivity index (χ4n) is 1.73. The molecule has 110 valence electrons. The van der Waals surface area contributed by atoms with Gasteiger partial charge in [0.05, 0.1) is 6.61 Å². The van der Waals surface area contributed by atoms with Crippen molar-refractivity contribution in [3.63, 3.8) is 0 Å². The van der Waals surface area contributed by atoms with Crippen LogP contribution in [0.1, 0.15) is 26.3 Å².